The van der Waals surface area contributed by atoms with Gasteiger partial charge in [0.25, 0.3) is 0 Å². The number of rotatable bonds is 7. The SMILES string of the molecule is [2H]c1c([2H])c([2H])c(N(c2ccc(-c3ccccc3)cc2)c2c3ccccc3cc3c2oc2cccc(-c4nc(-c5ccccc5)nc(-c5ccccc5)n4)c23)c([2H])c1[2H]. The highest BCUT2D eigenvalue weighted by Gasteiger charge is 2.25. The molecule has 0 N–H and O–H groups in total. The van der Waals surface area contributed by atoms with Gasteiger partial charge < -0.3 is 9.32 Å². The Morgan fingerprint density at radius 2 is 1.04 bits per heavy atom. The minimum absolute atomic E-state index is 0.000679. The lowest BCUT2D eigenvalue weighted by Crippen LogP contribution is -2.10. The van der Waals surface area contributed by atoms with E-state index in [1.165, 1.54) is 0 Å². The van der Waals surface area contributed by atoms with Crippen LogP contribution in [0.3, 0.4) is 0 Å². The molecule has 5 nitrogen and oxygen atoms in total. The number of aromatic nitrogens is 3. The summed E-state index contributed by atoms with van der Waals surface area (Å²) in [5, 5.41) is 3.12. The fourth-order valence-electron chi connectivity index (χ4n) is 7.10. The zero-order valence-corrected chi connectivity index (χ0v) is 28.8. The van der Waals surface area contributed by atoms with Crippen LogP contribution in [0.1, 0.15) is 6.85 Å². The normalized spacial score (nSPS) is 12.6. The predicted molar refractivity (Wildman–Crippen MR) is 221 cm³/mol. The van der Waals surface area contributed by atoms with E-state index < -0.39 is 18.1 Å². The quantitative estimate of drug-likeness (QED) is 0.166. The number of nitrogens with zero attached hydrogens (tertiary/aromatic N) is 4. The smallest absolute Gasteiger partial charge is 0.164 e. The summed E-state index contributed by atoms with van der Waals surface area (Å²) in [5.74, 6) is 1.51. The molecule has 0 aliphatic heterocycles. The summed E-state index contributed by atoms with van der Waals surface area (Å²) < 4.78 is 51.2. The molecule has 10 aromatic rings. The van der Waals surface area contributed by atoms with Crippen LogP contribution < -0.4 is 4.90 Å². The summed E-state index contributed by atoms with van der Waals surface area (Å²) in [7, 11) is 0. The second-order valence-electron chi connectivity index (χ2n) is 12.9. The first-order valence-electron chi connectivity index (χ1n) is 20.1. The van der Waals surface area contributed by atoms with E-state index in [-0.39, 0.29) is 17.8 Å². The van der Waals surface area contributed by atoms with Crippen LogP contribution in [0, 0.1) is 0 Å². The van der Waals surface area contributed by atoms with E-state index in [0.29, 0.717) is 40.0 Å². The molecule has 2 aromatic heterocycles. The van der Waals surface area contributed by atoms with Gasteiger partial charge in [-0.2, -0.15) is 0 Å². The van der Waals surface area contributed by atoms with Crippen LogP contribution in [0.15, 0.2) is 198 Å². The van der Waals surface area contributed by atoms with E-state index >= 15 is 0 Å². The molecule has 0 aliphatic carbocycles. The van der Waals surface area contributed by atoms with Crippen molar-refractivity contribution in [3.63, 3.8) is 0 Å². The Bertz CT molecular complexity index is 3130. The molecule has 0 atom stereocenters. The van der Waals surface area contributed by atoms with Crippen LogP contribution in [0.2, 0.25) is 0 Å². The number of benzene rings is 8. The molecule has 10 rings (SSSR count). The molecule has 2 heterocycles. The zero-order valence-electron chi connectivity index (χ0n) is 33.8. The molecule has 0 amide bonds. The van der Waals surface area contributed by atoms with Crippen LogP contribution >= 0.6 is 0 Å². The maximum Gasteiger partial charge on any atom is 0.164 e. The first kappa shape index (κ1) is 26.4. The number of hydrogen-bond acceptors (Lipinski definition) is 5. The van der Waals surface area contributed by atoms with E-state index in [4.69, 9.17) is 23.5 Å². The standard InChI is InChI=1S/C49H32N4O/c1-5-16-33(17-6-1)34-28-30-39(31-29-34)53(38-23-11-4-12-24-38)45-40-25-14-13-22-37(40)32-42-44-41(26-15-27-43(44)54-46(42)45)49-51-47(35-18-7-2-8-19-35)50-48(52-49)36-20-9-3-10-21-36/h1-32H/i4D,11D,12D,23D,24D. The van der Waals surface area contributed by atoms with Crippen molar-refractivity contribution >= 4 is 49.8 Å². The van der Waals surface area contributed by atoms with Crippen molar-refractivity contribution < 1.29 is 11.3 Å². The van der Waals surface area contributed by atoms with E-state index in [1.807, 2.05) is 158 Å². The summed E-state index contributed by atoms with van der Waals surface area (Å²) >= 11 is 0. The third-order valence-electron chi connectivity index (χ3n) is 9.59. The summed E-state index contributed by atoms with van der Waals surface area (Å²) in [6.45, 7) is 0. The Morgan fingerprint density at radius 3 is 1.70 bits per heavy atom. The lowest BCUT2D eigenvalue weighted by molar-refractivity contribution is 0.669. The van der Waals surface area contributed by atoms with Gasteiger partial charge >= 0.3 is 0 Å². The monoisotopic (exact) mass is 697 g/mol. The molecule has 5 heteroatoms. The van der Waals surface area contributed by atoms with Gasteiger partial charge in [0.15, 0.2) is 23.1 Å². The highest BCUT2D eigenvalue weighted by molar-refractivity contribution is 6.22. The van der Waals surface area contributed by atoms with Crippen LogP contribution in [0.5, 0.6) is 0 Å². The van der Waals surface area contributed by atoms with Gasteiger partial charge in [0.1, 0.15) is 5.58 Å². The van der Waals surface area contributed by atoms with Gasteiger partial charge in [-0.3, -0.25) is 0 Å². The summed E-state index contributed by atoms with van der Waals surface area (Å²) in [5.41, 5.74) is 6.54. The van der Waals surface area contributed by atoms with Gasteiger partial charge in [-0.05, 0) is 52.9 Å². The van der Waals surface area contributed by atoms with Crippen molar-refractivity contribution in [1.82, 2.24) is 15.0 Å². The van der Waals surface area contributed by atoms with Gasteiger partial charge in [0.2, 0.25) is 0 Å². The second kappa shape index (κ2) is 13.3. The van der Waals surface area contributed by atoms with Gasteiger partial charge in [-0.1, -0.05) is 158 Å². The number of fused-ring (bicyclic) bond motifs is 4. The summed E-state index contributed by atoms with van der Waals surface area (Å²) in [4.78, 5) is 16.8. The number of furan rings is 1. The minimum atomic E-state index is -0.471. The Labute approximate surface area is 319 Å². The molecule has 0 radical (unpaired) electrons. The lowest BCUT2D eigenvalue weighted by Gasteiger charge is -2.27. The first-order chi connectivity index (χ1) is 28.9. The van der Waals surface area contributed by atoms with Crippen LogP contribution in [0.4, 0.5) is 17.1 Å². The predicted octanol–water partition coefficient (Wildman–Crippen LogP) is 13.1. The van der Waals surface area contributed by atoms with Crippen LogP contribution in [-0.2, 0) is 0 Å². The van der Waals surface area contributed by atoms with Crippen molar-refractivity contribution in [3.8, 4) is 45.3 Å². The Hall–Kier alpha value is -7.37. The molecule has 54 heavy (non-hydrogen) atoms. The number of para-hydroxylation sites is 1. The Balaban J connectivity index is 1.28. The highest BCUT2D eigenvalue weighted by atomic mass is 16.3. The van der Waals surface area contributed by atoms with Crippen molar-refractivity contribution in [2.24, 2.45) is 0 Å². The molecule has 0 saturated heterocycles. The van der Waals surface area contributed by atoms with Crippen molar-refractivity contribution in [3.05, 3.63) is 194 Å². The van der Waals surface area contributed by atoms with E-state index in [2.05, 4.69) is 6.07 Å². The van der Waals surface area contributed by atoms with Crippen molar-refractivity contribution in [1.29, 1.82) is 0 Å². The topological polar surface area (TPSA) is 55.1 Å². The van der Waals surface area contributed by atoms with Crippen molar-refractivity contribution in [2.75, 3.05) is 4.90 Å². The zero-order chi connectivity index (χ0) is 40.2. The summed E-state index contributed by atoms with van der Waals surface area (Å²) in [6, 6.07) is 51.0. The lowest BCUT2D eigenvalue weighted by atomic mass is 9.99. The highest BCUT2D eigenvalue weighted by Crippen LogP contribution is 2.48. The minimum Gasteiger partial charge on any atom is -0.454 e. The van der Waals surface area contributed by atoms with Gasteiger partial charge in [0, 0.05) is 44.2 Å². The fraction of sp³-hybridized carbons (Fsp3) is 0. The Kier molecular flexibility index (Phi) is 6.51. The summed E-state index contributed by atoms with van der Waals surface area (Å²) in [6.07, 6.45) is 0. The molecule has 0 bridgehead atoms. The van der Waals surface area contributed by atoms with Gasteiger partial charge in [-0.15, -0.1) is 0 Å². The molecule has 8 aromatic carbocycles. The van der Waals surface area contributed by atoms with Crippen LogP contribution in [-0.4, -0.2) is 15.0 Å². The van der Waals surface area contributed by atoms with Gasteiger partial charge in [0.05, 0.1) is 12.5 Å². The molecule has 0 fully saturated rings. The molecule has 0 aliphatic rings. The maximum atomic E-state index is 9.23. The second-order valence-corrected chi connectivity index (χ2v) is 12.9. The largest absolute Gasteiger partial charge is 0.454 e. The fourth-order valence-corrected chi connectivity index (χ4v) is 7.10. The van der Waals surface area contributed by atoms with E-state index in [9.17, 15) is 2.74 Å². The van der Waals surface area contributed by atoms with Gasteiger partial charge in [-0.25, -0.2) is 15.0 Å². The van der Waals surface area contributed by atoms with E-state index in [1.54, 1.807) is 4.90 Å². The third-order valence-corrected chi connectivity index (χ3v) is 9.59. The average molecular weight is 698 g/mol. The first-order valence-corrected chi connectivity index (χ1v) is 17.6. The molecular weight excluding hydrogens is 661 g/mol. The molecule has 0 unspecified atom stereocenters. The molecule has 0 spiro atoms. The number of hydrogen-bond donors (Lipinski definition) is 0. The molecule has 0 saturated carbocycles. The maximum absolute atomic E-state index is 9.23. The van der Waals surface area contributed by atoms with Crippen molar-refractivity contribution in [2.45, 2.75) is 0 Å². The number of anilines is 3. The Morgan fingerprint density at radius 1 is 0.463 bits per heavy atom. The van der Waals surface area contributed by atoms with Crippen LogP contribution in [0.25, 0.3) is 78.0 Å². The third kappa shape index (κ3) is 5.56. The van der Waals surface area contributed by atoms with E-state index in [0.717, 1.165) is 49.4 Å². The average Bonchev–Trinajstić information content (AvgIpc) is 3.68. The molecular formula is C49H32N4O. The molecule has 254 valence electrons.